The summed E-state index contributed by atoms with van der Waals surface area (Å²) in [6.45, 7) is 10.6. The van der Waals surface area contributed by atoms with Crippen LogP contribution in [-0.2, 0) is 0 Å². The number of nitrogens with zero attached hydrogens (tertiary/aromatic N) is 1. The number of hydrogen-bond donors (Lipinski definition) is 0. The van der Waals surface area contributed by atoms with E-state index in [2.05, 4.69) is 319 Å². The summed E-state index contributed by atoms with van der Waals surface area (Å²) in [5.41, 5.74) is 23.8. The molecule has 0 bridgehead atoms. The molecule has 0 heterocycles. The predicted molar refractivity (Wildman–Crippen MR) is 314 cm³/mol. The molecule has 0 N–H and O–H groups in total. The first-order valence-electron chi connectivity index (χ1n) is 24.9. The molecular weight excluding hydrogens is 867 g/mol. The molecule has 1 nitrogen and oxygen atoms in total. The predicted octanol–water partition coefficient (Wildman–Crippen LogP) is 19.3. The summed E-state index contributed by atoms with van der Waals surface area (Å²) >= 11 is 0. The van der Waals surface area contributed by atoms with Gasteiger partial charge in [0.25, 0.3) is 0 Å². The third-order valence-corrected chi connectivity index (χ3v) is 13.0. The maximum absolute atomic E-state index is 2.32. The fraction of sp³-hybridized carbons (Fsp3) is 0.0704. The van der Waals surface area contributed by atoms with Gasteiger partial charge in [0.05, 0.1) is 0 Å². The first-order valence-corrected chi connectivity index (χ1v) is 24.9. The summed E-state index contributed by atoms with van der Waals surface area (Å²) in [6, 6.07) is 78.8. The molecule has 0 aliphatic carbocycles. The summed E-state index contributed by atoms with van der Waals surface area (Å²) in [5.74, 6) is 0. The molecule has 0 aliphatic heterocycles. The Hall–Kier alpha value is -8.78. The molecule has 9 rings (SSSR count). The lowest BCUT2D eigenvalue weighted by atomic mass is 9.96. The van der Waals surface area contributed by atoms with Crippen molar-refractivity contribution in [2.45, 2.75) is 34.6 Å². The molecule has 9 aromatic carbocycles. The van der Waals surface area contributed by atoms with Crippen LogP contribution < -0.4 is 4.90 Å². The molecule has 0 spiro atoms. The Kier molecular flexibility index (Phi) is 15.6. The van der Waals surface area contributed by atoms with Crippen LogP contribution >= 0.6 is 0 Å². The van der Waals surface area contributed by atoms with Crippen LogP contribution in [0.3, 0.4) is 0 Å². The molecular formula is C71H61N. The van der Waals surface area contributed by atoms with Gasteiger partial charge in [-0.3, -0.25) is 0 Å². The lowest BCUT2D eigenvalue weighted by Crippen LogP contribution is -2.09. The van der Waals surface area contributed by atoms with Crippen molar-refractivity contribution in [1.29, 1.82) is 0 Å². The second-order valence-electron chi connectivity index (χ2n) is 18.7. The van der Waals surface area contributed by atoms with E-state index in [0.717, 1.165) is 50.4 Å². The minimum Gasteiger partial charge on any atom is -0.311 e. The Morgan fingerprint density at radius 3 is 0.681 bits per heavy atom. The van der Waals surface area contributed by atoms with Crippen LogP contribution in [0.25, 0.3) is 47.6 Å². The molecule has 0 saturated carbocycles. The topological polar surface area (TPSA) is 3.24 Å². The fourth-order valence-electron chi connectivity index (χ4n) is 8.59. The summed E-state index contributed by atoms with van der Waals surface area (Å²) in [5, 5.41) is 0. The van der Waals surface area contributed by atoms with E-state index in [4.69, 9.17) is 0 Å². The van der Waals surface area contributed by atoms with Gasteiger partial charge in [-0.1, -0.05) is 271 Å². The van der Waals surface area contributed by atoms with Gasteiger partial charge >= 0.3 is 0 Å². The highest BCUT2D eigenvalue weighted by atomic mass is 15.1. The van der Waals surface area contributed by atoms with Gasteiger partial charge in [-0.2, -0.15) is 0 Å². The summed E-state index contributed by atoms with van der Waals surface area (Å²) in [6.07, 6.45) is 21.8. The minimum absolute atomic E-state index is 1.10. The molecule has 0 saturated heterocycles. The molecule has 0 aliphatic rings. The second kappa shape index (κ2) is 23.2. The molecule has 0 radical (unpaired) electrons. The van der Waals surface area contributed by atoms with E-state index in [0.29, 0.717) is 0 Å². The van der Waals surface area contributed by atoms with E-state index >= 15 is 0 Å². The standard InChI is InChI=1S/C71H61N/c1-52-12-38-63(39-13-52)70(64-40-14-53(2)15-41-64)10-6-8-57-22-26-59(27-23-57)30-32-61-34-48-68(49-35-61)72(67-46-20-56(5)21-47-67)69-50-36-62(37-51-69)33-31-60-28-24-58(25-29-60)9-7-11-71(65-42-16-54(3)17-43-65)66-44-18-55(4)19-45-66/h6-51H,1-5H3. The largest absolute Gasteiger partial charge is 0.311 e. The van der Waals surface area contributed by atoms with Gasteiger partial charge < -0.3 is 4.90 Å². The van der Waals surface area contributed by atoms with Crippen LogP contribution in [0.1, 0.15) is 83.5 Å². The van der Waals surface area contributed by atoms with E-state index in [-0.39, 0.29) is 0 Å². The third-order valence-electron chi connectivity index (χ3n) is 13.0. The average Bonchev–Trinajstić information content (AvgIpc) is 3.41. The van der Waals surface area contributed by atoms with Crippen molar-refractivity contribution in [3.8, 4) is 0 Å². The zero-order valence-electron chi connectivity index (χ0n) is 42.0. The number of benzene rings is 9. The Labute approximate surface area is 428 Å². The lowest BCUT2D eigenvalue weighted by molar-refractivity contribution is 1.27. The van der Waals surface area contributed by atoms with E-state index in [1.165, 1.54) is 61.2 Å². The van der Waals surface area contributed by atoms with Crippen molar-refractivity contribution in [3.63, 3.8) is 0 Å². The molecule has 0 aromatic heterocycles. The smallest absolute Gasteiger partial charge is 0.0462 e. The van der Waals surface area contributed by atoms with Crippen molar-refractivity contribution in [2.75, 3.05) is 4.90 Å². The summed E-state index contributed by atoms with van der Waals surface area (Å²) in [4.78, 5) is 2.32. The quantitative estimate of drug-likeness (QED) is 0.0731. The highest BCUT2D eigenvalue weighted by Crippen LogP contribution is 2.35. The monoisotopic (exact) mass is 927 g/mol. The van der Waals surface area contributed by atoms with Crippen molar-refractivity contribution >= 4 is 64.7 Å². The Bertz CT molecular complexity index is 3070. The van der Waals surface area contributed by atoms with E-state index in [1.54, 1.807) is 0 Å². The van der Waals surface area contributed by atoms with Crippen LogP contribution in [0.2, 0.25) is 0 Å². The van der Waals surface area contributed by atoms with Gasteiger partial charge in [-0.25, -0.2) is 0 Å². The van der Waals surface area contributed by atoms with Crippen molar-refractivity contribution in [2.24, 2.45) is 0 Å². The lowest BCUT2D eigenvalue weighted by Gasteiger charge is -2.26. The maximum atomic E-state index is 2.32. The van der Waals surface area contributed by atoms with Crippen LogP contribution in [-0.4, -0.2) is 0 Å². The van der Waals surface area contributed by atoms with Crippen LogP contribution in [0.4, 0.5) is 17.1 Å². The molecule has 0 amide bonds. The zero-order chi connectivity index (χ0) is 49.7. The van der Waals surface area contributed by atoms with Gasteiger partial charge in [-0.05, 0) is 138 Å². The molecule has 0 unspecified atom stereocenters. The van der Waals surface area contributed by atoms with Crippen molar-refractivity contribution in [1.82, 2.24) is 0 Å². The Morgan fingerprint density at radius 1 is 0.236 bits per heavy atom. The van der Waals surface area contributed by atoms with Crippen LogP contribution in [0.15, 0.2) is 243 Å². The van der Waals surface area contributed by atoms with E-state index in [9.17, 15) is 0 Å². The summed E-state index contributed by atoms with van der Waals surface area (Å²) in [7, 11) is 0. The zero-order valence-corrected chi connectivity index (χ0v) is 42.0. The highest BCUT2D eigenvalue weighted by molar-refractivity contribution is 5.84. The second-order valence-corrected chi connectivity index (χ2v) is 18.7. The average molecular weight is 928 g/mol. The van der Waals surface area contributed by atoms with E-state index in [1.807, 2.05) is 0 Å². The van der Waals surface area contributed by atoms with Gasteiger partial charge in [0.2, 0.25) is 0 Å². The number of anilines is 3. The van der Waals surface area contributed by atoms with Crippen molar-refractivity contribution < 1.29 is 0 Å². The minimum atomic E-state index is 1.10. The molecule has 350 valence electrons. The van der Waals surface area contributed by atoms with E-state index < -0.39 is 0 Å². The number of rotatable bonds is 15. The van der Waals surface area contributed by atoms with Gasteiger partial charge in [0, 0.05) is 17.1 Å². The third kappa shape index (κ3) is 12.9. The van der Waals surface area contributed by atoms with Gasteiger partial charge in [0.1, 0.15) is 0 Å². The Balaban J connectivity index is 0.849. The van der Waals surface area contributed by atoms with Crippen LogP contribution in [0.5, 0.6) is 0 Å². The SMILES string of the molecule is Cc1ccc(C(=CC=Cc2ccc(C=Cc3ccc(N(c4ccc(C)cc4)c4ccc(C=Cc5ccc(C=CC=C(c6ccc(C)cc6)c6ccc(C)cc6)cc5)cc4)cc3)cc2)c2ccc(C)cc2)cc1. The molecule has 72 heavy (non-hydrogen) atoms. The highest BCUT2D eigenvalue weighted by Gasteiger charge is 2.13. The van der Waals surface area contributed by atoms with Crippen molar-refractivity contribution in [3.05, 3.63) is 326 Å². The van der Waals surface area contributed by atoms with Gasteiger partial charge in [-0.15, -0.1) is 0 Å². The summed E-state index contributed by atoms with van der Waals surface area (Å²) < 4.78 is 0. The fourth-order valence-corrected chi connectivity index (χ4v) is 8.59. The number of allylic oxidation sites excluding steroid dienone is 4. The van der Waals surface area contributed by atoms with Crippen LogP contribution in [0, 0.1) is 34.6 Å². The Morgan fingerprint density at radius 2 is 0.431 bits per heavy atom. The normalized spacial score (nSPS) is 11.5. The first-order chi connectivity index (χ1) is 35.2. The molecule has 1 heteroatoms. The number of aryl methyl sites for hydroxylation is 5. The van der Waals surface area contributed by atoms with Gasteiger partial charge in [0.15, 0.2) is 0 Å². The maximum Gasteiger partial charge on any atom is 0.0462 e. The number of hydrogen-bond acceptors (Lipinski definition) is 1. The first kappa shape index (κ1) is 48.3. The molecule has 0 atom stereocenters. The molecule has 9 aromatic rings. The molecule has 0 fully saturated rings.